The number of carbonyl (C=O) groups is 1. The lowest BCUT2D eigenvalue weighted by Gasteiger charge is -2.23. The summed E-state index contributed by atoms with van der Waals surface area (Å²) in [6, 6.07) is 3.76. The molecule has 9 nitrogen and oxygen atoms in total. The van der Waals surface area contributed by atoms with Crippen LogP contribution < -0.4 is 10.6 Å². The van der Waals surface area contributed by atoms with Crippen molar-refractivity contribution >= 4 is 17.9 Å². The third kappa shape index (κ3) is 3.97. The van der Waals surface area contributed by atoms with Crippen LogP contribution in [0.4, 0.5) is 11.6 Å². The molecule has 4 rings (SSSR count). The van der Waals surface area contributed by atoms with Gasteiger partial charge in [-0.05, 0) is 45.0 Å². The van der Waals surface area contributed by atoms with Crippen molar-refractivity contribution in [2.24, 2.45) is 0 Å². The van der Waals surface area contributed by atoms with Gasteiger partial charge in [-0.25, -0.2) is 24.5 Å². The largest absolute Gasteiger partial charge is 0.351 e. The number of pyridine rings is 1. The number of piperidine rings is 1. The van der Waals surface area contributed by atoms with Crippen LogP contribution in [0.2, 0.25) is 0 Å². The van der Waals surface area contributed by atoms with Crippen molar-refractivity contribution in [3.8, 4) is 16.9 Å². The summed E-state index contributed by atoms with van der Waals surface area (Å²) in [5.41, 5.74) is 3.43. The smallest absolute Gasteiger partial charge is 0.231 e. The number of nitrogens with one attached hydrogen (secondary N) is 2. The average molecular weight is 388 g/mol. The van der Waals surface area contributed by atoms with Crippen LogP contribution in [-0.4, -0.2) is 50.1 Å². The summed E-state index contributed by atoms with van der Waals surface area (Å²) >= 11 is 0. The highest BCUT2D eigenvalue weighted by Gasteiger charge is 2.17. The van der Waals surface area contributed by atoms with Crippen LogP contribution in [0.25, 0.3) is 21.8 Å². The van der Waals surface area contributed by atoms with Crippen molar-refractivity contribution in [2.75, 3.05) is 18.4 Å². The van der Waals surface area contributed by atoms with Crippen molar-refractivity contribution in [1.82, 2.24) is 30.0 Å². The zero-order valence-corrected chi connectivity index (χ0v) is 16.0. The maximum absolute atomic E-state index is 10.9. The van der Waals surface area contributed by atoms with Crippen LogP contribution in [0.3, 0.4) is 0 Å². The van der Waals surface area contributed by atoms with E-state index in [1.54, 1.807) is 35.4 Å². The van der Waals surface area contributed by atoms with Crippen molar-refractivity contribution in [2.45, 2.75) is 25.8 Å². The predicted octanol–water partition coefficient (Wildman–Crippen LogP) is 2.56. The maximum Gasteiger partial charge on any atom is 0.231 e. The van der Waals surface area contributed by atoms with E-state index in [4.69, 9.17) is 6.57 Å². The molecule has 0 unspecified atom stereocenters. The number of aromatic nitrogens is 5. The minimum absolute atomic E-state index is 0.315. The van der Waals surface area contributed by atoms with Gasteiger partial charge in [0.15, 0.2) is 6.29 Å². The molecule has 0 radical (unpaired) electrons. The van der Waals surface area contributed by atoms with Crippen molar-refractivity contribution < 1.29 is 4.79 Å². The van der Waals surface area contributed by atoms with Gasteiger partial charge in [-0.3, -0.25) is 4.79 Å². The summed E-state index contributed by atoms with van der Waals surface area (Å²) in [6.07, 6.45) is 7.73. The summed E-state index contributed by atoms with van der Waals surface area (Å²) in [7, 11) is 0. The highest BCUT2D eigenvalue weighted by molar-refractivity contribution is 5.75. The first-order valence-corrected chi connectivity index (χ1v) is 9.38. The fraction of sp³-hybridized carbons (Fsp3) is 0.300. The molecular formula is C20H20N8O. The summed E-state index contributed by atoms with van der Waals surface area (Å²) in [6.45, 7) is 11.2. The van der Waals surface area contributed by atoms with Gasteiger partial charge >= 0.3 is 0 Å². The Kier molecular flexibility index (Phi) is 5.27. The fourth-order valence-corrected chi connectivity index (χ4v) is 3.35. The molecule has 0 bridgehead atoms. The molecule has 0 amide bonds. The van der Waals surface area contributed by atoms with Gasteiger partial charge in [-0.2, -0.15) is 5.10 Å². The van der Waals surface area contributed by atoms with E-state index in [0.29, 0.717) is 46.6 Å². The van der Waals surface area contributed by atoms with E-state index >= 15 is 0 Å². The van der Waals surface area contributed by atoms with Gasteiger partial charge in [0.1, 0.15) is 5.69 Å². The average Bonchev–Trinajstić information content (AvgIpc) is 3.24. The van der Waals surface area contributed by atoms with Crippen LogP contribution in [-0.2, 0) is 0 Å². The molecule has 0 saturated carbocycles. The summed E-state index contributed by atoms with van der Waals surface area (Å²) in [4.78, 5) is 27.6. The second-order valence-corrected chi connectivity index (χ2v) is 6.84. The number of nitrogens with zero attached hydrogens (tertiary/aromatic N) is 6. The molecule has 3 aromatic heterocycles. The van der Waals surface area contributed by atoms with E-state index in [1.165, 1.54) is 0 Å². The molecule has 0 aliphatic carbocycles. The number of anilines is 1. The summed E-state index contributed by atoms with van der Waals surface area (Å²) < 4.78 is 1.67. The first kappa shape index (κ1) is 18.7. The first-order valence-electron chi connectivity index (χ1n) is 9.38. The molecule has 2 N–H and O–H groups in total. The summed E-state index contributed by atoms with van der Waals surface area (Å²) in [5, 5.41) is 11.1. The number of hydrogen-bond donors (Lipinski definition) is 2. The molecule has 0 aromatic carbocycles. The molecule has 3 aromatic rings. The van der Waals surface area contributed by atoms with Crippen molar-refractivity contribution in [3.63, 3.8) is 0 Å². The lowest BCUT2D eigenvalue weighted by molar-refractivity contribution is 0.111. The molecule has 146 valence electrons. The fourth-order valence-electron chi connectivity index (χ4n) is 3.35. The quantitative estimate of drug-likeness (QED) is 0.511. The number of hydrogen-bond acceptors (Lipinski definition) is 7. The minimum atomic E-state index is 0.315. The van der Waals surface area contributed by atoms with Crippen LogP contribution in [0.15, 0.2) is 30.7 Å². The Balaban J connectivity index is 1.65. The molecule has 9 heteroatoms. The number of aryl methyl sites for hydroxylation is 1. The van der Waals surface area contributed by atoms with E-state index < -0.39 is 0 Å². The van der Waals surface area contributed by atoms with E-state index in [1.807, 2.05) is 6.92 Å². The molecule has 1 saturated heterocycles. The number of rotatable bonds is 5. The monoisotopic (exact) mass is 388 g/mol. The van der Waals surface area contributed by atoms with E-state index in [0.717, 1.165) is 31.6 Å². The Morgan fingerprint density at radius 3 is 2.83 bits per heavy atom. The third-order valence-electron chi connectivity index (χ3n) is 4.87. The van der Waals surface area contributed by atoms with Crippen LogP contribution in [0, 0.1) is 13.5 Å². The maximum atomic E-state index is 10.9. The normalized spacial score (nSPS) is 14.3. The van der Waals surface area contributed by atoms with Crippen molar-refractivity contribution in [1.29, 1.82) is 0 Å². The molecule has 1 fully saturated rings. The topological polar surface area (TPSA) is 102 Å². The summed E-state index contributed by atoms with van der Waals surface area (Å²) in [5.74, 6) is 0.514. The molecule has 0 atom stereocenters. The van der Waals surface area contributed by atoms with Gasteiger partial charge in [-0.1, -0.05) is 0 Å². The highest BCUT2D eigenvalue weighted by Crippen LogP contribution is 2.29. The van der Waals surface area contributed by atoms with Crippen LogP contribution in [0.1, 0.15) is 29.0 Å². The number of carbonyl (C=O) groups excluding carboxylic acids is 1. The van der Waals surface area contributed by atoms with Crippen LogP contribution >= 0.6 is 0 Å². The number of aldehydes is 1. The second kappa shape index (κ2) is 8.16. The lowest BCUT2D eigenvalue weighted by Crippen LogP contribution is -2.35. The van der Waals surface area contributed by atoms with Gasteiger partial charge < -0.3 is 10.6 Å². The van der Waals surface area contributed by atoms with Crippen LogP contribution in [0.5, 0.6) is 0 Å². The second-order valence-electron chi connectivity index (χ2n) is 6.84. The van der Waals surface area contributed by atoms with Gasteiger partial charge in [0.05, 0.1) is 29.8 Å². The molecule has 1 aliphatic rings. The Morgan fingerprint density at radius 2 is 2.10 bits per heavy atom. The van der Waals surface area contributed by atoms with E-state index in [2.05, 4.69) is 35.5 Å². The molecule has 0 spiro atoms. The Morgan fingerprint density at radius 1 is 1.28 bits per heavy atom. The standard InChI is InChI=1S/C20H20N8O/c1-13-18(4-3-16(12-29)25-13)28-11-14(9-24-28)19-17(21-2)10-23-20(27-19)26-15-5-7-22-8-6-15/h3-4,9-12,15,22H,5-8H2,1H3,(H,23,26,27). The first-order chi connectivity index (χ1) is 14.2. The zero-order valence-electron chi connectivity index (χ0n) is 16.0. The highest BCUT2D eigenvalue weighted by atomic mass is 16.1. The third-order valence-corrected chi connectivity index (χ3v) is 4.87. The molecule has 1 aliphatic heterocycles. The predicted molar refractivity (Wildman–Crippen MR) is 108 cm³/mol. The van der Waals surface area contributed by atoms with Gasteiger partial charge in [0.25, 0.3) is 0 Å². The Labute approximate surface area is 168 Å². The zero-order chi connectivity index (χ0) is 20.2. The Bertz CT molecular complexity index is 1080. The molecular weight excluding hydrogens is 368 g/mol. The lowest BCUT2D eigenvalue weighted by atomic mass is 10.1. The SMILES string of the molecule is [C-]#[N+]c1cnc(NC2CCNCC2)nc1-c1cnn(-c2ccc(C=O)nc2C)c1. The van der Waals surface area contributed by atoms with Gasteiger partial charge in [0.2, 0.25) is 11.6 Å². The minimum Gasteiger partial charge on any atom is -0.351 e. The molecule has 4 heterocycles. The molecule has 29 heavy (non-hydrogen) atoms. The Hall–Kier alpha value is -3.64. The van der Waals surface area contributed by atoms with Gasteiger partial charge in [0, 0.05) is 24.0 Å². The van der Waals surface area contributed by atoms with E-state index in [-0.39, 0.29) is 0 Å². The van der Waals surface area contributed by atoms with Gasteiger partial charge in [-0.15, -0.1) is 0 Å². The van der Waals surface area contributed by atoms with Crippen molar-refractivity contribution in [3.05, 3.63) is 53.5 Å². The van der Waals surface area contributed by atoms with E-state index in [9.17, 15) is 4.79 Å².